The molecule has 2 aliphatic rings. The number of nitrogens with zero attached hydrogens (tertiary/aromatic N) is 1. The molecule has 0 atom stereocenters. The van der Waals surface area contributed by atoms with Gasteiger partial charge in [-0.25, -0.2) is 0 Å². The van der Waals surface area contributed by atoms with Crippen molar-refractivity contribution in [3.63, 3.8) is 0 Å². The van der Waals surface area contributed by atoms with E-state index in [2.05, 4.69) is 158 Å². The van der Waals surface area contributed by atoms with Gasteiger partial charge in [0, 0.05) is 32.4 Å². The third-order valence-corrected chi connectivity index (χ3v) is 9.21. The Morgan fingerprint density at radius 2 is 0.895 bits per heavy atom. The van der Waals surface area contributed by atoms with Crippen LogP contribution in [0.3, 0.4) is 0 Å². The summed E-state index contributed by atoms with van der Waals surface area (Å²) in [5.74, 6) is 0. The number of benzene rings is 5. The lowest BCUT2D eigenvalue weighted by molar-refractivity contribution is 0.660. The van der Waals surface area contributed by atoms with Crippen LogP contribution in [-0.2, 0) is 10.8 Å². The van der Waals surface area contributed by atoms with Crippen molar-refractivity contribution in [1.29, 1.82) is 0 Å². The standard InChI is InChI=1S/C36H30BrN/c1-35(2)31-14-7-5-12-27(31)29-18-16-25(21-33(29)35)38(24-11-9-10-23(37)20-24)26-17-19-30-28-13-6-8-15-32(28)36(3,4)34(30)22-26/h5-22H,1-4H3. The second-order valence-electron chi connectivity index (χ2n) is 11.6. The smallest absolute Gasteiger partial charge is 0.0472 e. The summed E-state index contributed by atoms with van der Waals surface area (Å²) < 4.78 is 1.07. The third kappa shape index (κ3) is 3.29. The molecule has 0 bridgehead atoms. The summed E-state index contributed by atoms with van der Waals surface area (Å²) in [6.07, 6.45) is 0. The molecule has 5 aromatic carbocycles. The lowest BCUT2D eigenvalue weighted by Crippen LogP contribution is -2.18. The predicted molar refractivity (Wildman–Crippen MR) is 164 cm³/mol. The normalized spacial score (nSPS) is 15.4. The Hall–Kier alpha value is -3.62. The first kappa shape index (κ1) is 23.5. The Balaban J connectivity index is 1.43. The van der Waals surface area contributed by atoms with Crippen molar-refractivity contribution < 1.29 is 0 Å². The zero-order chi connectivity index (χ0) is 26.2. The van der Waals surface area contributed by atoms with E-state index in [4.69, 9.17) is 0 Å². The Morgan fingerprint density at radius 1 is 0.447 bits per heavy atom. The van der Waals surface area contributed by atoms with Crippen molar-refractivity contribution in [2.45, 2.75) is 38.5 Å². The molecule has 0 fully saturated rings. The third-order valence-electron chi connectivity index (χ3n) is 8.72. The van der Waals surface area contributed by atoms with E-state index in [-0.39, 0.29) is 10.8 Å². The van der Waals surface area contributed by atoms with Crippen LogP contribution >= 0.6 is 15.9 Å². The van der Waals surface area contributed by atoms with E-state index in [9.17, 15) is 0 Å². The van der Waals surface area contributed by atoms with Crippen LogP contribution in [0, 0.1) is 0 Å². The van der Waals surface area contributed by atoms with Crippen LogP contribution < -0.4 is 4.90 Å². The second kappa shape index (κ2) is 8.19. The largest absolute Gasteiger partial charge is 0.310 e. The molecule has 0 aliphatic heterocycles. The molecular formula is C36H30BrN. The lowest BCUT2D eigenvalue weighted by atomic mass is 9.82. The maximum Gasteiger partial charge on any atom is 0.0472 e. The number of hydrogen-bond donors (Lipinski definition) is 0. The second-order valence-corrected chi connectivity index (χ2v) is 12.5. The number of fused-ring (bicyclic) bond motifs is 6. The van der Waals surface area contributed by atoms with Crippen LogP contribution in [0.1, 0.15) is 49.9 Å². The first-order chi connectivity index (χ1) is 18.3. The quantitative estimate of drug-likeness (QED) is 0.214. The van der Waals surface area contributed by atoms with Crippen molar-refractivity contribution in [1.82, 2.24) is 0 Å². The van der Waals surface area contributed by atoms with E-state index in [1.54, 1.807) is 0 Å². The van der Waals surface area contributed by atoms with Crippen LogP contribution in [0.25, 0.3) is 22.3 Å². The van der Waals surface area contributed by atoms with Crippen molar-refractivity contribution in [2.75, 3.05) is 4.90 Å². The Bertz CT molecular complexity index is 1640. The molecule has 0 unspecified atom stereocenters. The Labute approximate surface area is 233 Å². The molecule has 0 saturated heterocycles. The number of halogens is 1. The highest BCUT2D eigenvalue weighted by atomic mass is 79.9. The van der Waals surface area contributed by atoms with E-state index in [0.29, 0.717) is 0 Å². The van der Waals surface area contributed by atoms with Gasteiger partial charge in [-0.05, 0) is 87.0 Å². The summed E-state index contributed by atoms with van der Waals surface area (Å²) in [6.45, 7) is 9.39. The van der Waals surface area contributed by atoms with Gasteiger partial charge >= 0.3 is 0 Å². The monoisotopic (exact) mass is 555 g/mol. The van der Waals surface area contributed by atoms with E-state index in [1.807, 2.05) is 0 Å². The molecular weight excluding hydrogens is 526 g/mol. The molecule has 0 aromatic heterocycles. The van der Waals surface area contributed by atoms with E-state index in [1.165, 1.54) is 55.9 Å². The maximum atomic E-state index is 3.72. The maximum absolute atomic E-state index is 3.72. The molecule has 2 aliphatic carbocycles. The zero-order valence-corrected chi connectivity index (χ0v) is 23.8. The van der Waals surface area contributed by atoms with Gasteiger partial charge in [0.1, 0.15) is 0 Å². The molecule has 0 amide bonds. The fraction of sp³-hybridized carbons (Fsp3) is 0.167. The summed E-state index contributed by atoms with van der Waals surface area (Å²) in [4.78, 5) is 2.41. The number of rotatable bonds is 3. The van der Waals surface area contributed by atoms with Gasteiger partial charge in [-0.15, -0.1) is 0 Å². The average molecular weight is 557 g/mol. The summed E-state index contributed by atoms with van der Waals surface area (Å²) >= 11 is 3.72. The zero-order valence-electron chi connectivity index (χ0n) is 22.2. The van der Waals surface area contributed by atoms with Crippen LogP contribution in [0.2, 0.25) is 0 Å². The average Bonchev–Trinajstić information content (AvgIpc) is 3.29. The minimum atomic E-state index is -0.0492. The van der Waals surface area contributed by atoms with Gasteiger partial charge in [0.15, 0.2) is 0 Å². The van der Waals surface area contributed by atoms with Crippen LogP contribution in [0.4, 0.5) is 17.1 Å². The van der Waals surface area contributed by atoms with E-state index < -0.39 is 0 Å². The number of anilines is 3. The predicted octanol–water partition coefficient (Wildman–Crippen LogP) is 10.5. The van der Waals surface area contributed by atoms with Crippen molar-refractivity contribution in [3.05, 3.63) is 136 Å². The summed E-state index contributed by atoms with van der Waals surface area (Å²) in [5.41, 5.74) is 14.3. The highest BCUT2D eigenvalue weighted by Gasteiger charge is 2.37. The highest BCUT2D eigenvalue weighted by Crippen LogP contribution is 2.53. The van der Waals surface area contributed by atoms with Crippen molar-refractivity contribution in [3.8, 4) is 22.3 Å². The van der Waals surface area contributed by atoms with Gasteiger partial charge in [-0.3, -0.25) is 0 Å². The molecule has 2 heteroatoms. The van der Waals surface area contributed by atoms with Crippen LogP contribution in [0.5, 0.6) is 0 Å². The van der Waals surface area contributed by atoms with Gasteiger partial charge in [0.25, 0.3) is 0 Å². The van der Waals surface area contributed by atoms with Crippen molar-refractivity contribution in [2.24, 2.45) is 0 Å². The van der Waals surface area contributed by atoms with Crippen molar-refractivity contribution >= 4 is 33.0 Å². The fourth-order valence-corrected chi connectivity index (χ4v) is 7.11. The highest BCUT2D eigenvalue weighted by molar-refractivity contribution is 9.10. The first-order valence-corrected chi connectivity index (χ1v) is 14.1. The van der Waals surface area contributed by atoms with Crippen LogP contribution in [0.15, 0.2) is 114 Å². The molecule has 38 heavy (non-hydrogen) atoms. The van der Waals surface area contributed by atoms with Crippen LogP contribution in [-0.4, -0.2) is 0 Å². The topological polar surface area (TPSA) is 3.24 Å². The Kier molecular flexibility index (Phi) is 5.06. The fourth-order valence-electron chi connectivity index (χ4n) is 6.73. The van der Waals surface area contributed by atoms with E-state index in [0.717, 1.165) is 10.2 Å². The molecule has 0 heterocycles. The molecule has 0 spiro atoms. The molecule has 7 rings (SSSR count). The lowest BCUT2D eigenvalue weighted by Gasteiger charge is -2.29. The van der Waals surface area contributed by atoms with Gasteiger partial charge in [0.2, 0.25) is 0 Å². The molecule has 186 valence electrons. The number of hydrogen-bond acceptors (Lipinski definition) is 1. The van der Waals surface area contributed by atoms with E-state index >= 15 is 0 Å². The SMILES string of the molecule is CC1(C)c2ccccc2-c2ccc(N(c3cccc(Br)c3)c3ccc4c(c3)C(C)(C)c3ccccc3-4)cc21. The van der Waals surface area contributed by atoms with Gasteiger partial charge in [-0.2, -0.15) is 0 Å². The summed E-state index contributed by atoms with van der Waals surface area (Å²) in [7, 11) is 0. The minimum Gasteiger partial charge on any atom is -0.310 e. The first-order valence-electron chi connectivity index (χ1n) is 13.3. The van der Waals surface area contributed by atoms with Gasteiger partial charge in [-0.1, -0.05) is 110 Å². The molecule has 0 radical (unpaired) electrons. The minimum absolute atomic E-state index is 0.0492. The Morgan fingerprint density at radius 3 is 1.39 bits per heavy atom. The van der Waals surface area contributed by atoms with Gasteiger partial charge in [0.05, 0.1) is 0 Å². The van der Waals surface area contributed by atoms with Gasteiger partial charge < -0.3 is 4.90 Å². The summed E-state index contributed by atoms with van der Waals surface area (Å²) in [5, 5.41) is 0. The summed E-state index contributed by atoms with van der Waals surface area (Å²) in [6, 6.07) is 40.3. The molecule has 0 saturated carbocycles. The molecule has 0 N–H and O–H groups in total. The molecule has 5 aromatic rings. The molecule has 1 nitrogen and oxygen atoms in total.